The fourth-order valence-corrected chi connectivity index (χ4v) is 1.49. The summed E-state index contributed by atoms with van der Waals surface area (Å²) in [7, 11) is -2.70. The van der Waals surface area contributed by atoms with Crippen molar-refractivity contribution in [1.29, 1.82) is 0 Å². The van der Waals surface area contributed by atoms with Crippen LogP contribution in [0.15, 0.2) is 36.0 Å². The monoisotopic (exact) mass is 216 g/mol. The normalized spacial score (nSPS) is 10.9. The molecule has 13 heavy (non-hydrogen) atoms. The van der Waals surface area contributed by atoms with Gasteiger partial charge in [-0.05, 0) is 18.2 Å². The van der Waals surface area contributed by atoms with Gasteiger partial charge < -0.3 is 0 Å². The summed E-state index contributed by atoms with van der Waals surface area (Å²) in [5.41, 5.74) is 1.65. The Morgan fingerprint density at radius 3 is 2.77 bits per heavy atom. The summed E-state index contributed by atoms with van der Waals surface area (Å²) in [4.78, 5) is 0. The highest BCUT2D eigenvalue weighted by Gasteiger charge is 2.02. The maximum Gasteiger partial charge on any atom is 0.228 e. The van der Waals surface area contributed by atoms with Gasteiger partial charge in [-0.15, -0.1) is 0 Å². The molecule has 5 heteroatoms. The zero-order valence-electron chi connectivity index (χ0n) is 6.55. The van der Waals surface area contributed by atoms with E-state index < -0.39 is 10.9 Å². The fourth-order valence-electron chi connectivity index (χ4n) is 0.815. The minimum Gasteiger partial charge on any atom is -0.247 e. The van der Waals surface area contributed by atoms with Gasteiger partial charge in [0.2, 0.25) is 10.9 Å². The molecule has 0 unspecified atom stereocenters. The molecule has 0 heterocycles. The third-order valence-corrected chi connectivity index (χ3v) is 2.16. The average Bonchev–Trinajstić information content (AvgIpc) is 2.15. The van der Waals surface area contributed by atoms with Crippen LogP contribution in [0.4, 0.5) is 5.69 Å². The minimum atomic E-state index is -2.70. The van der Waals surface area contributed by atoms with Crippen LogP contribution in [-0.2, 0) is 10.9 Å². The molecule has 0 bridgehead atoms. The minimum absolute atomic E-state index is 0.510. The number of nitrogens with zero attached hydrogens (tertiary/aromatic N) is 1. The maximum atomic E-state index is 10.7. The van der Waals surface area contributed by atoms with Gasteiger partial charge in [0.1, 0.15) is 0 Å². The molecule has 0 atom stereocenters. The number of hydrogen-bond acceptors (Lipinski definition) is 2. The Hall–Kier alpha value is -1.00. The second-order valence-electron chi connectivity index (χ2n) is 2.12. The molecule has 0 aliphatic rings. The molecule has 1 aromatic rings. The van der Waals surface area contributed by atoms with Crippen LogP contribution >= 0.6 is 11.6 Å². The van der Waals surface area contributed by atoms with Gasteiger partial charge >= 0.3 is 0 Å². The van der Waals surface area contributed by atoms with Crippen LogP contribution in [0.25, 0.3) is 0 Å². The average molecular weight is 217 g/mol. The predicted molar refractivity (Wildman–Crippen MR) is 53.1 cm³/mol. The lowest BCUT2D eigenvalue weighted by molar-refractivity contribution is 0.614. The lowest BCUT2D eigenvalue weighted by Crippen LogP contribution is -2.12. The zero-order chi connectivity index (χ0) is 9.68. The zero-order valence-corrected chi connectivity index (χ0v) is 8.20. The second kappa shape index (κ2) is 4.89. The lowest BCUT2D eigenvalue weighted by atomic mass is 10.3. The molecule has 0 fully saturated rings. The molecule has 0 aliphatic carbocycles. The van der Waals surface area contributed by atoms with Crippen LogP contribution in [-0.4, -0.2) is 8.42 Å². The summed E-state index contributed by atoms with van der Waals surface area (Å²) < 4.78 is 22.5. The Bertz CT molecular complexity index is 354. The predicted octanol–water partition coefficient (Wildman–Crippen LogP) is 1.53. The van der Waals surface area contributed by atoms with Gasteiger partial charge in [0.15, 0.2) is 0 Å². The molecule has 0 amide bonds. The van der Waals surface area contributed by atoms with Crippen LogP contribution in [0.5, 0.6) is 0 Å². The Kier molecular flexibility index (Phi) is 3.79. The highest BCUT2D eigenvalue weighted by molar-refractivity contribution is 7.74. The second-order valence-corrected chi connectivity index (χ2v) is 3.28. The van der Waals surface area contributed by atoms with Crippen molar-refractivity contribution >= 4 is 28.2 Å². The van der Waals surface area contributed by atoms with Gasteiger partial charge in [-0.25, -0.2) is 12.7 Å². The molecule has 0 saturated heterocycles. The Balaban J connectivity index is 3.02. The standard InChI is InChI=1S/C8H7ClNO2S/c9-6-7-10(13(11)12)8-4-2-1-3-5-8/h1-2,4-7,13H. The van der Waals surface area contributed by atoms with Crippen molar-refractivity contribution in [2.45, 2.75) is 0 Å². The van der Waals surface area contributed by atoms with Gasteiger partial charge in [0, 0.05) is 11.7 Å². The number of benzene rings is 1. The summed E-state index contributed by atoms with van der Waals surface area (Å²) >= 11 is 5.29. The van der Waals surface area contributed by atoms with E-state index in [-0.39, 0.29) is 0 Å². The Morgan fingerprint density at radius 2 is 2.31 bits per heavy atom. The van der Waals surface area contributed by atoms with Gasteiger partial charge in [0.25, 0.3) is 0 Å². The maximum absolute atomic E-state index is 10.7. The number of hydrogen-bond donors (Lipinski definition) is 1. The molecule has 0 saturated carbocycles. The molecular weight excluding hydrogens is 210 g/mol. The highest BCUT2D eigenvalue weighted by Crippen LogP contribution is 2.13. The smallest absolute Gasteiger partial charge is 0.228 e. The Morgan fingerprint density at radius 1 is 1.54 bits per heavy atom. The highest BCUT2D eigenvalue weighted by atomic mass is 35.5. The number of thiol groups is 1. The first-order valence-electron chi connectivity index (χ1n) is 3.42. The molecule has 0 aromatic heterocycles. The van der Waals surface area contributed by atoms with E-state index in [0.717, 1.165) is 9.84 Å². The molecule has 0 aliphatic heterocycles. The molecular formula is C8H7ClNO2S. The van der Waals surface area contributed by atoms with Crippen molar-refractivity contribution in [1.82, 2.24) is 0 Å². The molecule has 1 aromatic carbocycles. The van der Waals surface area contributed by atoms with Crippen molar-refractivity contribution < 1.29 is 8.42 Å². The molecule has 0 N–H and O–H groups in total. The van der Waals surface area contributed by atoms with Crippen molar-refractivity contribution in [3.05, 3.63) is 42.1 Å². The summed E-state index contributed by atoms with van der Waals surface area (Å²) in [6, 6.07) is 9.36. The van der Waals surface area contributed by atoms with Gasteiger partial charge in [-0.1, -0.05) is 23.7 Å². The van der Waals surface area contributed by atoms with Crippen molar-refractivity contribution in [2.75, 3.05) is 4.31 Å². The summed E-state index contributed by atoms with van der Waals surface area (Å²) in [6.45, 7) is 0. The van der Waals surface area contributed by atoms with Gasteiger partial charge in [-0.3, -0.25) is 0 Å². The van der Waals surface area contributed by atoms with Gasteiger partial charge in [0.05, 0.1) is 5.69 Å². The summed E-state index contributed by atoms with van der Waals surface area (Å²) in [6.07, 6.45) is 1.26. The third-order valence-electron chi connectivity index (χ3n) is 1.33. The number of halogens is 1. The first kappa shape index (κ1) is 10.1. The van der Waals surface area contributed by atoms with Crippen LogP contribution < -0.4 is 4.31 Å². The van der Waals surface area contributed by atoms with Crippen LogP contribution in [0.2, 0.25) is 0 Å². The van der Waals surface area contributed by atoms with E-state index in [0.29, 0.717) is 5.69 Å². The van der Waals surface area contributed by atoms with Crippen molar-refractivity contribution in [3.63, 3.8) is 0 Å². The van der Waals surface area contributed by atoms with E-state index in [1.165, 1.54) is 6.20 Å². The van der Waals surface area contributed by atoms with Crippen LogP contribution in [0, 0.1) is 6.07 Å². The lowest BCUT2D eigenvalue weighted by Gasteiger charge is -2.10. The van der Waals surface area contributed by atoms with E-state index in [1.54, 1.807) is 24.3 Å². The number of rotatable bonds is 3. The largest absolute Gasteiger partial charge is 0.247 e. The van der Waals surface area contributed by atoms with Crippen molar-refractivity contribution in [3.8, 4) is 0 Å². The van der Waals surface area contributed by atoms with E-state index >= 15 is 0 Å². The quantitative estimate of drug-likeness (QED) is 0.779. The van der Waals surface area contributed by atoms with E-state index in [4.69, 9.17) is 11.6 Å². The molecule has 69 valence electrons. The van der Waals surface area contributed by atoms with Gasteiger partial charge in [-0.2, -0.15) is 0 Å². The van der Waals surface area contributed by atoms with E-state index in [2.05, 4.69) is 6.07 Å². The van der Waals surface area contributed by atoms with E-state index in [9.17, 15) is 8.42 Å². The Labute approximate surface area is 83.3 Å². The van der Waals surface area contributed by atoms with Crippen molar-refractivity contribution in [2.24, 2.45) is 0 Å². The van der Waals surface area contributed by atoms with Crippen LogP contribution in [0.3, 0.4) is 0 Å². The van der Waals surface area contributed by atoms with E-state index in [1.807, 2.05) is 0 Å². The topological polar surface area (TPSA) is 37.4 Å². The molecule has 1 rings (SSSR count). The molecule has 3 nitrogen and oxygen atoms in total. The first-order chi connectivity index (χ1) is 6.25. The van der Waals surface area contributed by atoms with Crippen LogP contribution in [0.1, 0.15) is 0 Å². The fraction of sp³-hybridized carbons (Fsp3) is 0. The molecule has 1 radical (unpaired) electrons. The SMILES string of the molecule is O=[SH](=O)N(C=CCl)c1c[c]ccc1. The molecule has 0 spiro atoms. The summed E-state index contributed by atoms with van der Waals surface area (Å²) in [5, 5.41) is 0. The summed E-state index contributed by atoms with van der Waals surface area (Å²) in [5.74, 6) is 0. The first-order valence-corrected chi connectivity index (χ1v) is 4.99. The third kappa shape index (κ3) is 2.75. The number of anilines is 1.